The van der Waals surface area contributed by atoms with Crippen LogP contribution in [0.15, 0.2) is 12.5 Å². The van der Waals surface area contributed by atoms with E-state index in [1.54, 1.807) is 6.33 Å². The second kappa shape index (κ2) is 4.26. The maximum Gasteiger partial charge on any atom is 0.259 e. The molecule has 84 valence electrons. The summed E-state index contributed by atoms with van der Waals surface area (Å²) >= 11 is 0. The van der Waals surface area contributed by atoms with Gasteiger partial charge in [-0.25, -0.2) is 13.8 Å². The summed E-state index contributed by atoms with van der Waals surface area (Å²) in [5.41, 5.74) is 0.606. The monoisotopic (exact) mass is 215 g/mol. The molecule has 1 fully saturated rings. The van der Waals surface area contributed by atoms with Crippen molar-refractivity contribution in [2.45, 2.75) is 38.3 Å². The number of nitrogens with zero attached hydrogens (tertiary/aromatic N) is 2. The van der Waals surface area contributed by atoms with Gasteiger partial charge in [0.05, 0.1) is 12.0 Å². The van der Waals surface area contributed by atoms with Crippen LogP contribution in [0.1, 0.15) is 37.5 Å². The minimum atomic E-state index is -2.39. The number of halogens is 2. The normalized spacial score (nSPS) is 18.4. The van der Waals surface area contributed by atoms with Crippen molar-refractivity contribution in [3.63, 3.8) is 0 Å². The fraction of sp³-hybridized carbons (Fsp3) is 0.700. The van der Waals surface area contributed by atoms with E-state index in [0.717, 1.165) is 12.8 Å². The topological polar surface area (TPSA) is 29.9 Å². The Morgan fingerprint density at radius 3 is 2.87 bits per heavy atom. The van der Waals surface area contributed by atoms with Crippen molar-refractivity contribution >= 4 is 0 Å². The maximum atomic E-state index is 12.8. The van der Waals surface area contributed by atoms with Crippen molar-refractivity contribution < 1.29 is 8.78 Å². The Morgan fingerprint density at radius 2 is 2.33 bits per heavy atom. The van der Waals surface area contributed by atoms with Crippen LogP contribution < -0.4 is 5.32 Å². The Labute approximate surface area is 87.5 Å². The van der Waals surface area contributed by atoms with Gasteiger partial charge in [-0.1, -0.05) is 6.92 Å². The summed E-state index contributed by atoms with van der Waals surface area (Å²) in [7, 11) is 0. The highest BCUT2D eigenvalue weighted by molar-refractivity contribution is 5.10. The van der Waals surface area contributed by atoms with Gasteiger partial charge in [0.1, 0.15) is 6.04 Å². The molecule has 1 atom stereocenters. The van der Waals surface area contributed by atoms with E-state index in [0.29, 0.717) is 18.3 Å². The lowest BCUT2D eigenvalue weighted by Gasteiger charge is -2.18. The Hall–Kier alpha value is -0.970. The molecule has 0 bridgehead atoms. The van der Waals surface area contributed by atoms with E-state index in [9.17, 15) is 8.78 Å². The van der Waals surface area contributed by atoms with E-state index < -0.39 is 12.5 Å². The van der Waals surface area contributed by atoms with Crippen LogP contribution in [-0.2, 0) is 0 Å². The first-order chi connectivity index (χ1) is 7.24. The van der Waals surface area contributed by atoms with Crippen molar-refractivity contribution in [1.29, 1.82) is 0 Å². The molecule has 1 aromatic heterocycles. The summed E-state index contributed by atoms with van der Waals surface area (Å²) in [6.07, 6.45) is 2.95. The molecule has 0 aromatic carbocycles. The third kappa shape index (κ3) is 2.17. The highest BCUT2D eigenvalue weighted by Crippen LogP contribution is 2.37. The molecule has 15 heavy (non-hydrogen) atoms. The Morgan fingerprint density at radius 1 is 1.60 bits per heavy atom. The summed E-state index contributed by atoms with van der Waals surface area (Å²) < 4.78 is 27.5. The zero-order valence-corrected chi connectivity index (χ0v) is 8.66. The molecule has 2 rings (SSSR count). The molecular formula is C10H15F2N3. The predicted molar refractivity (Wildman–Crippen MR) is 52.9 cm³/mol. The number of rotatable bonds is 5. The average Bonchev–Trinajstić information content (AvgIpc) is 2.94. The molecule has 0 spiro atoms. The van der Waals surface area contributed by atoms with Crippen LogP contribution in [0.2, 0.25) is 0 Å². The highest BCUT2D eigenvalue weighted by atomic mass is 19.3. The lowest BCUT2D eigenvalue weighted by Crippen LogP contribution is -2.29. The fourth-order valence-electron chi connectivity index (χ4n) is 1.76. The minimum absolute atomic E-state index is 0.391. The molecule has 0 amide bonds. The quantitative estimate of drug-likeness (QED) is 0.815. The molecule has 0 saturated heterocycles. The van der Waals surface area contributed by atoms with Crippen LogP contribution in [0.3, 0.4) is 0 Å². The number of nitrogens with one attached hydrogen (secondary N) is 1. The average molecular weight is 215 g/mol. The fourth-order valence-corrected chi connectivity index (χ4v) is 1.76. The molecule has 1 aromatic rings. The van der Waals surface area contributed by atoms with E-state index in [2.05, 4.69) is 10.3 Å². The van der Waals surface area contributed by atoms with Gasteiger partial charge < -0.3 is 9.88 Å². The van der Waals surface area contributed by atoms with Crippen LogP contribution in [0, 0.1) is 0 Å². The maximum absolute atomic E-state index is 12.8. The molecule has 1 unspecified atom stereocenters. The molecule has 1 aliphatic rings. The van der Waals surface area contributed by atoms with E-state index >= 15 is 0 Å². The number of alkyl halides is 2. The SMILES string of the molecule is CCNC(c1cncn1C1CC1)C(F)F. The summed E-state index contributed by atoms with van der Waals surface area (Å²) in [5, 5.41) is 2.80. The molecular weight excluding hydrogens is 200 g/mol. The van der Waals surface area contributed by atoms with Crippen molar-refractivity contribution in [1.82, 2.24) is 14.9 Å². The van der Waals surface area contributed by atoms with Gasteiger partial charge >= 0.3 is 0 Å². The van der Waals surface area contributed by atoms with Crippen LogP contribution in [-0.4, -0.2) is 22.5 Å². The highest BCUT2D eigenvalue weighted by Gasteiger charge is 2.31. The second-order valence-corrected chi connectivity index (χ2v) is 3.83. The molecule has 0 aliphatic heterocycles. The van der Waals surface area contributed by atoms with Crippen molar-refractivity contribution in [3.8, 4) is 0 Å². The van der Waals surface area contributed by atoms with Gasteiger partial charge in [0.15, 0.2) is 0 Å². The van der Waals surface area contributed by atoms with E-state index in [-0.39, 0.29) is 0 Å². The van der Waals surface area contributed by atoms with Crippen molar-refractivity contribution in [2.24, 2.45) is 0 Å². The first-order valence-corrected chi connectivity index (χ1v) is 5.27. The molecule has 3 nitrogen and oxygen atoms in total. The molecule has 1 saturated carbocycles. The lowest BCUT2D eigenvalue weighted by molar-refractivity contribution is 0.0956. The largest absolute Gasteiger partial charge is 0.330 e. The zero-order chi connectivity index (χ0) is 10.8. The Balaban J connectivity index is 2.20. The summed E-state index contributed by atoms with van der Waals surface area (Å²) in [4.78, 5) is 3.96. The van der Waals surface area contributed by atoms with E-state index in [4.69, 9.17) is 0 Å². The molecule has 1 aliphatic carbocycles. The summed E-state index contributed by atoms with van der Waals surface area (Å²) in [5.74, 6) is 0. The van der Waals surface area contributed by atoms with Crippen LogP contribution in [0.4, 0.5) is 8.78 Å². The number of aromatic nitrogens is 2. The predicted octanol–water partition coefficient (Wildman–Crippen LogP) is 2.13. The lowest BCUT2D eigenvalue weighted by atomic mass is 10.2. The van der Waals surface area contributed by atoms with Gasteiger partial charge in [-0.3, -0.25) is 0 Å². The molecule has 0 radical (unpaired) electrons. The Kier molecular flexibility index (Phi) is 3.00. The molecule has 1 heterocycles. The first kappa shape index (κ1) is 10.5. The standard InChI is InChI=1S/C10H15F2N3/c1-2-14-9(10(11)12)8-5-13-6-15(8)7-3-4-7/h5-7,9-10,14H,2-4H2,1H3. The second-order valence-electron chi connectivity index (χ2n) is 3.83. The van der Waals surface area contributed by atoms with Crippen LogP contribution in [0.5, 0.6) is 0 Å². The van der Waals surface area contributed by atoms with Gasteiger partial charge in [-0.15, -0.1) is 0 Å². The van der Waals surface area contributed by atoms with Crippen molar-refractivity contribution in [2.75, 3.05) is 6.54 Å². The number of imidazole rings is 1. The third-order valence-electron chi connectivity index (χ3n) is 2.63. The minimum Gasteiger partial charge on any atom is -0.330 e. The molecule has 5 heteroatoms. The van der Waals surface area contributed by atoms with E-state index in [1.165, 1.54) is 6.20 Å². The summed E-state index contributed by atoms with van der Waals surface area (Å²) in [6.45, 7) is 2.36. The van der Waals surface area contributed by atoms with Gasteiger partial charge in [0, 0.05) is 12.2 Å². The van der Waals surface area contributed by atoms with Crippen LogP contribution in [0.25, 0.3) is 0 Å². The third-order valence-corrected chi connectivity index (χ3v) is 2.63. The summed E-state index contributed by atoms with van der Waals surface area (Å²) in [6, 6.07) is -0.500. The van der Waals surface area contributed by atoms with Crippen LogP contribution >= 0.6 is 0 Å². The smallest absolute Gasteiger partial charge is 0.259 e. The Bertz CT molecular complexity index is 320. The van der Waals surface area contributed by atoms with Gasteiger partial charge in [0.2, 0.25) is 0 Å². The number of hydrogen-bond acceptors (Lipinski definition) is 2. The molecule has 1 N–H and O–H groups in total. The first-order valence-electron chi connectivity index (χ1n) is 5.27. The van der Waals surface area contributed by atoms with Crippen molar-refractivity contribution in [3.05, 3.63) is 18.2 Å². The number of hydrogen-bond donors (Lipinski definition) is 1. The van der Waals surface area contributed by atoms with Gasteiger partial charge in [-0.05, 0) is 19.4 Å². The van der Waals surface area contributed by atoms with E-state index in [1.807, 2.05) is 11.5 Å². The van der Waals surface area contributed by atoms with Gasteiger partial charge in [0.25, 0.3) is 6.43 Å². The zero-order valence-electron chi connectivity index (χ0n) is 8.66. The van der Waals surface area contributed by atoms with Gasteiger partial charge in [-0.2, -0.15) is 0 Å².